The van der Waals surface area contributed by atoms with Crippen LogP contribution in [0.5, 0.6) is 0 Å². The maximum absolute atomic E-state index is 11.6. The summed E-state index contributed by atoms with van der Waals surface area (Å²) in [6.07, 6.45) is 1.52. The van der Waals surface area contributed by atoms with Gasteiger partial charge in [-0.25, -0.2) is 9.59 Å². The molecule has 1 aliphatic heterocycles. The first-order chi connectivity index (χ1) is 8.81. The lowest BCUT2D eigenvalue weighted by molar-refractivity contribution is 0.106. The van der Waals surface area contributed by atoms with Crippen LogP contribution in [0.2, 0.25) is 0 Å². The van der Waals surface area contributed by atoms with Crippen LogP contribution in [0.15, 0.2) is 0 Å². The molecule has 1 aliphatic rings. The first-order valence-corrected chi connectivity index (χ1v) is 6.70. The Labute approximate surface area is 114 Å². The van der Waals surface area contributed by atoms with E-state index in [0.29, 0.717) is 25.6 Å². The highest BCUT2D eigenvalue weighted by molar-refractivity contribution is 5.74. The Morgan fingerprint density at radius 3 is 2.32 bits per heavy atom. The van der Waals surface area contributed by atoms with Gasteiger partial charge in [-0.3, -0.25) is 0 Å². The van der Waals surface area contributed by atoms with Crippen molar-refractivity contribution in [3.63, 3.8) is 0 Å². The second-order valence-corrected chi connectivity index (χ2v) is 5.99. The van der Waals surface area contributed by atoms with Crippen molar-refractivity contribution in [1.82, 2.24) is 15.5 Å². The molecule has 0 bridgehead atoms. The zero-order valence-corrected chi connectivity index (χ0v) is 12.3. The highest BCUT2D eigenvalue weighted by atomic mass is 16.5. The average Bonchev–Trinajstić information content (AvgIpc) is 2.34. The van der Waals surface area contributed by atoms with Crippen LogP contribution in [-0.4, -0.2) is 49.3 Å². The largest absolute Gasteiger partial charge is 0.453 e. The molecule has 19 heavy (non-hydrogen) atoms. The third-order valence-electron chi connectivity index (χ3n) is 3.09. The van der Waals surface area contributed by atoms with Gasteiger partial charge in [0.2, 0.25) is 0 Å². The van der Waals surface area contributed by atoms with Crippen LogP contribution >= 0.6 is 0 Å². The molecule has 6 nitrogen and oxygen atoms in total. The molecule has 0 saturated carbocycles. The number of carbonyl (C=O) groups is 2. The monoisotopic (exact) mass is 271 g/mol. The highest BCUT2D eigenvalue weighted by Gasteiger charge is 2.23. The van der Waals surface area contributed by atoms with Gasteiger partial charge < -0.3 is 20.3 Å². The van der Waals surface area contributed by atoms with Gasteiger partial charge in [-0.1, -0.05) is 0 Å². The third kappa shape index (κ3) is 5.81. The van der Waals surface area contributed by atoms with Crippen molar-refractivity contribution < 1.29 is 14.3 Å². The van der Waals surface area contributed by atoms with E-state index >= 15 is 0 Å². The SMILES string of the molecule is COC(=O)N1CCC(CNC(=O)NC(C)(C)C)CC1. The van der Waals surface area contributed by atoms with Gasteiger partial charge in [0.05, 0.1) is 7.11 Å². The molecule has 0 aliphatic carbocycles. The fourth-order valence-electron chi connectivity index (χ4n) is 2.07. The van der Waals surface area contributed by atoms with Gasteiger partial charge in [0.1, 0.15) is 0 Å². The molecule has 1 fully saturated rings. The van der Waals surface area contributed by atoms with Gasteiger partial charge in [0, 0.05) is 25.2 Å². The van der Waals surface area contributed by atoms with Crippen molar-refractivity contribution in [3.8, 4) is 0 Å². The molecule has 1 heterocycles. The second-order valence-electron chi connectivity index (χ2n) is 5.99. The first-order valence-electron chi connectivity index (χ1n) is 6.70. The predicted octanol–water partition coefficient (Wildman–Crippen LogP) is 1.56. The van der Waals surface area contributed by atoms with E-state index in [4.69, 9.17) is 0 Å². The Bertz CT molecular complexity index is 318. The van der Waals surface area contributed by atoms with E-state index in [1.165, 1.54) is 7.11 Å². The van der Waals surface area contributed by atoms with Crippen molar-refractivity contribution in [2.75, 3.05) is 26.7 Å². The molecular weight excluding hydrogens is 246 g/mol. The number of piperidine rings is 1. The number of amides is 3. The molecule has 0 spiro atoms. The molecular formula is C13H25N3O3. The quantitative estimate of drug-likeness (QED) is 0.800. The van der Waals surface area contributed by atoms with Gasteiger partial charge in [-0.2, -0.15) is 0 Å². The average molecular weight is 271 g/mol. The van der Waals surface area contributed by atoms with Gasteiger partial charge in [-0.05, 0) is 39.5 Å². The first kappa shape index (κ1) is 15.6. The summed E-state index contributed by atoms with van der Waals surface area (Å²) in [5.41, 5.74) is -0.224. The molecule has 6 heteroatoms. The van der Waals surface area contributed by atoms with Gasteiger partial charge in [-0.15, -0.1) is 0 Å². The number of urea groups is 1. The van der Waals surface area contributed by atoms with Crippen LogP contribution in [0.1, 0.15) is 33.6 Å². The summed E-state index contributed by atoms with van der Waals surface area (Å²) in [4.78, 5) is 24.6. The molecule has 1 saturated heterocycles. The summed E-state index contributed by atoms with van der Waals surface area (Å²) in [5, 5.41) is 5.74. The zero-order valence-electron chi connectivity index (χ0n) is 12.3. The summed E-state index contributed by atoms with van der Waals surface area (Å²) in [6, 6.07) is -0.136. The summed E-state index contributed by atoms with van der Waals surface area (Å²) >= 11 is 0. The molecule has 1 rings (SSSR count). The maximum Gasteiger partial charge on any atom is 0.409 e. The number of hydrogen-bond donors (Lipinski definition) is 2. The summed E-state index contributed by atoms with van der Waals surface area (Å²) in [6.45, 7) is 7.88. The lowest BCUT2D eigenvalue weighted by atomic mass is 9.97. The maximum atomic E-state index is 11.6. The predicted molar refractivity (Wildman–Crippen MR) is 73.0 cm³/mol. The number of carbonyl (C=O) groups excluding carboxylic acids is 2. The fraction of sp³-hybridized carbons (Fsp3) is 0.846. The lowest BCUT2D eigenvalue weighted by Gasteiger charge is -2.31. The summed E-state index contributed by atoms with van der Waals surface area (Å²) < 4.78 is 4.69. The molecule has 0 unspecified atom stereocenters. The molecule has 0 aromatic heterocycles. The molecule has 2 N–H and O–H groups in total. The third-order valence-corrected chi connectivity index (χ3v) is 3.09. The van der Waals surface area contributed by atoms with Crippen LogP contribution in [0.4, 0.5) is 9.59 Å². The van der Waals surface area contributed by atoms with Gasteiger partial charge >= 0.3 is 12.1 Å². The van der Waals surface area contributed by atoms with Gasteiger partial charge in [0.25, 0.3) is 0 Å². The van der Waals surface area contributed by atoms with Crippen LogP contribution < -0.4 is 10.6 Å². The molecule has 3 amide bonds. The second kappa shape index (κ2) is 6.63. The number of hydrogen-bond acceptors (Lipinski definition) is 3. The van der Waals surface area contributed by atoms with E-state index in [-0.39, 0.29) is 17.7 Å². The van der Waals surface area contributed by atoms with Crippen LogP contribution in [0, 0.1) is 5.92 Å². The Kier molecular flexibility index (Phi) is 5.44. The Balaban J connectivity index is 2.23. The van der Waals surface area contributed by atoms with E-state index in [1.54, 1.807) is 4.90 Å². The Morgan fingerprint density at radius 2 is 1.84 bits per heavy atom. The normalized spacial score (nSPS) is 16.9. The minimum atomic E-state index is -0.267. The van der Waals surface area contributed by atoms with Crippen molar-refractivity contribution in [3.05, 3.63) is 0 Å². The molecule has 0 atom stereocenters. The topological polar surface area (TPSA) is 70.7 Å². The van der Waals surface area contributed by atoms with E-state index in [2.05, 4.69) is 15.4 Å². The number of likely N-dealkylation sites (tertiary alicyclic amines) is 1. The van der Waals surface area contributed by atoms with Crippen LogP contribution in [0.3, 0.4) is 0 Å². The smallest absolute Gasteiger partial charge is 0.409 e. The fourth-order valence-corrected chi connectivity index (χ4v) is 2.07. The van der Waals surface area contributed by atoms with Crippen LogP contribution in [-0.2, 0) is 4.74 Å². The van der Waals surface area contributed by atoms with Crippen LogP contribution in [0.25, 0.3) is 0 Å². The number of methoxy groups -OCH3 is 1. The van der Waals surface area contributed by atoms with E-state index in [0.717, 1.165) is 12.8 Å². The van der Waals surface area contributed by atoms with E-state index in [1.807, 2.05) is 20.8 Å². The molecule has 110 valence electrons. The minimum Gasteiger partial charge on any atom is -0.453 e. The Hall–Kier alpha value is -1.46. The standard InChI is InChI=1S/C13H25N3O3/c1-13(2,3)15-11(17)14-9-10-5-7-16(8-6-10)12(18)19-4/h10H,5-9H2,1-4H3,(H2,14,15,17). The molecule has 0 aromatic rings. The number of ether oxygens (including phenoxy) is 1. The number of nitrogens with zero attached hydrogens (tertiary/aromatic N) is 1. The van der Waals surface area contributed by atoms with Crippen molar-refractivity contribution in [2.24, 2.45) is 5.92 Å². The summed E-state index contributed by atoms with van der Waals surface area (Å²) in [5.74, 6) is 0.423. The lowest BCUT2D eigenvalue weighted by Crippen LogP contribution is -2.48. The minimum absolute atomic E-state index is 0.136. The zero-order chi connectivity index (χ0) is 14.5. The van der Waals surface area contributed by atoms with Crippen molar-refractivity contribution >= 4 is 12.1 Å². The van der Waals surface area contributed by atoms with E-state index in [9.17, 15) is 9.59 Å². The van der Waals surface area contributed by atoms with Gasteiger partial charge in [0.15, 0.2) is 0 Å². The summed E-state index contributed by atoms with van der Waals surface area (Å²) in [7, 11) is 1.40. The molecule has 0 aromatic carbocycles. The van der Waals surface area contributed by atoms with Crippen molar-refractivity contribution in [2.45, 2.75) is 39.2 Å². The Morgan fingerprint density at radius 1 is 1.26 bits per heavy atom. The van der Waals surface area contributed by atoms with Crippen molar-refractivity contribution in [1.29, 1.82) is 0 Å². The molecule has 0 radical (unpaired) electrons. The number of rotatable bonds is 2. The highest BCUT2D eigenvalue weighted by Crippen LogP contribution is 2.16. The number of nitrogens with one attached hydrogen (secondary N) is 2. The van der Waals surface area contributed by atoms with E-state index < -0.39 is 0 Å².